The molecule has 0 saturated carbocycles. The molecule has 0 aliphatic carbocycles. The molecule has 0 unspecified atom stereocenters. The highest BCUT2D eigenvalue weighted by molar-refractivity contribution is 5.54. The Kier molecular flexibility index (Phi) is 2.11. The van der Waals surface area contributed by atoms with Crippen molar-refractivity contribution < 1.29 is 14.8 Å². The van der Waals surface area contributed by atoms with Crippen molar-refractivity contribution in [2.75, 3.05) is 0 Å². The predicted molar refractivity (Wildman–Crippen MR) is 40.8 cm³/mol. The Morgan fingerprint density at radius 3 is 1.86 bits per heavy atom. The Bertz CT molecular complexity index is 390. The fourth-order valence-electron chi connectivity index (χ4n) is 0.796. The van der Waals surface area contributed by atoms with E-state index in [-0.39, 0.29) is 0 Å². The molecule has 0 saturated heterocycles. The van der Waals surface area contributed by atoms with Gasteiger partial charge in [0.25, 0.3) is 0 Å². The van der Waals surface area contributed by atoms with Gasteiger partial charge in [-0.3, -0.25) is 10.1 Å². The number of aromatic amines is 1. The normalized spacial score (nSPS) is 9.71. The number of aromatic nitrogens is 1. The van der Waals surface area contributed by atoms with Crippen molar-refractivity contribution in [3.63, 3.8) is 0 Å². The lowest BCUT2D eigenvalue weighted by Gasteiger charge is -1.88. The van der Waals surface area contributed by atoms with Gasteiger partial charge in [0.2, 0.25) is 0 Å². The van der Waals surface area contributed by atoms with E-state index in [1.807, 2.05) is 0 Å². The zero-order valence-electron chi connectivity index (χ0n) is 6.37. The lowest BCUT2D eigenvalue weighted by Crippen LogP contribution is -1.94. The first-order valence-corrected chi connectivity index (χ1v) is 3.09. The number of H-pyrrole nitrogens is 1. The van der Waals surface area contributed by atoms with Crippen LogP contribution in [0.1, 0.15) is 0 Å². The second-order valence-electron chi connectivity index (χ2n) is 2.16. The summed E-state index contributed by atoms with van der Waals surface area (Å²) in [6.45, 7) is 0. The predicted octanol–water partition coefficient (Wildman–Crippen LogP) is 0.739. The summed E-state index contributed by atoms with van der Waals surface area (Å²) in [7, 11) is 0. The first-order chi connectivity index (χ1) is 6.43. The molecular weight excluding hydrogens is 200 g/mol. The van der Waals surface area contributed by atoms with Crippen LogP contribution in [-0.4, -0.2) is 19.8 Å². The molecule has 14 heavy (non-hydrogen) atoms. The summed E-state index contributed by atoms with van der Waals surface area (Å²) in [5, 5.41) is 30.6. The minimum atomic E-state index is -1.09. The van der Waals surface area contributed by atoms with Crippen LogP contribution in [0.5, 0.6) is 0 Å². The number of rotatable bonds is 3. The van der Waals surface area contributed by atoms with Crippen LogP contribution in [0, 0.1) is 30.3 Å². The van der Waals surface area contributed by atoms with Crippen LogP contribution in [0.4, 0.5) is 17.3 Å². The van der Waals surface area contributed by atoms with E-state index in [2.05, 4.69) is 0 Å². The van der Waals surface area contributed by atoms with Gasteiger partial charge >= 0.3 is 17.3 Å². The molecule has 74 valence electrons. The molecule has 0 aliphatic rings. The summed E-state index contributed by atoms with van der Waals surface area (Å²) < 4.78 is 0. The molecule has 0 spiro atoms. The smallest absolute Gasteiger partial charge is 0.358 e. The first kappa shape index (κ1) is 9.57. The maximum atomic E-state index is 10.2. The van der Waals surface area contributed by atoms with Crippen molar-refractivity contribution in [2.45, 2.75) is 0 Å². The van der Waals surface area contributed by atoms with Gasteiger partial charge in [0.1, 0.15) is 6.07 Å². The fourth-order valence-corrected chi connectivity index (χ4v) is 0.796. The molecule has 1 aromatic heterocycles. The van der Waals surface area contributed by atoms with E-state index in [1.165, 1.54) is 0 Å². The number of nitro groups is 3. The monoisotopic (exact) mass is 202 g/mol. The molecule has 0 aromatic carbocycles. The maximum absolute atomic E-state index is 10.2. The minimum Gasteiger partial charge on any atom is -0.358 e. The molecule has 0 amide bonds. The number of hydrogen-bond acceptors (Lipinski definition) is 6. The second-order valence-corrected chi connectivity index (χ2v) is 2.16. The average Bonchev–Trinajstić information content (AvgIpc) is 2.47. The molecule has 1 rings (SSSR count). The Morgan fingerprint density at radius 1 is 1.00 bits per heavy atom. The van der Waals surface area contributed by atoms with Gasteiger partial charge in [0.05, 0.1) is 4.92 Å². The van der Waals surface area contributed by atoms with Gasteiger partial charge in [-0.15, -0.1) is 0 Å². The summed E-state index contributed by atoms with van der Waals surface area (Å²) in [4.78, 5) is 29.1. The van der Waals surface area contributed by atoms with Crippen LogP contribution < -0.4 is 0 Å². The fraction of sp³-hybridized carbons (Fsp3) is 0. The number of hydrogen-bond donors (Lipinski definition) is 1. The number of nitrogens with one attached hydrogen (secondary N) is 1. The van der Waals surface area contributed by atoms with Crippen LogP contribution in [0.2, 0.25) is 0 Å². The van der Waals surface area contributed by atoms with E-state index < -0.39 is 32.1 Å². The highest BCUT2D eigenvalue weighted by atomic mass is 16.6. The molecule has 1 heterocycles. The molecule has 0 bridgehead atoms. The molecule has 0 fully saturated rings. The third-order valence-corrected chi connectivity index (χ3v) is 1.34. The van der Waals surface area contributed by atoms with Gasteiger partial charge in [-0.1, -0.05) is 0 Å². The zero-order chi connectivity index (χ0) is 10.9. The summed E-state index contributed by atoms with van der Waals surface area (Å²) in [5.74, 6) is -1.79. The quantitative estimate of drug-likeness (QED) is 0.564. The zero-order valence-corrected chi connectivity index (χ0v) is 6.37. The topological polar surface area (TPSA) is 145 Å². The van der Waals surface area contributed by atoms with Crippen molar-refractivity contribution in [3.05, 3.63) is 36.4 Å². The van der Waals surface area contributed by atoms with E-state index >= 15 is 0 Å². The highest BCUT2D eigenvalue weighted by Crippen LogP contribution is 2.30. The molecule has 10 nitrogen and oxygen atoms in total. The van der Waals surface area contributed by atoms with Crippen molar-refractivity contribution in [1.82, 2.24) is 4.98 Å². The van der Waals surface area contributed by atoms with Crippen LogP contribution >= 0.6 is 0 Å². The van der Waals surface area contributed by atoms with Crippen molar-refractivity contribution in [3.8, 4) is 0 Å². The molecule has 1 N–H and O–H groups in total. The second kappa shape index (κ2) is 3.08. The lowest BCUT2D eigenvalue weighted by atomic mass is 10.5. The molecule has 10 heteroatoms. The highest BCUT2D eigenvalue weighted by Gasteiger charge is 2.30. The summed E-state index contributed by atoms with van der Waals surface area (Å²) in [5.41, 5.74) is -0.929. The molecule has 0 atom stereocenters. The van der Waals surface area contributed by atoms with Gasteiger partial charge < -0.3 is 20.2 Å². The molecule has 0 radical (unpaired) electrons. The van der Waals surface area contributed by atoms with Crippen LogP contribution in [0.15, 0.2) is 6.07 Å². The summed E-state index contributed by atoms with van der Waals surface area (Å²) in [6.07, 6.45) is 0. The molecular formula is C4H2N4O6. The van der Waals surface area contributed by atoms with Crippen molar-refractivity contribution >= 4 is 17.3 Å². The summed E-state index contributed by atoms with van der Waals surface area (Å²) >= 11 is 0. The van der Waals surface area contributed by atoms with Gasteiger partial charge in [-0.2, -0.15) is 4.98 Å². The Labute approximate surface area is 74.6 Å². The van der Waals surface area contributed by atoms with Crippen molar-refractivity contribution in [1.29, 1.82) is 0 Å². The summed E-state index contributed by atoms with van der Waals surface area (Å²) in [6, 6.07) is 0.498. The van der Waals surface area contributed by atoms with E-state index in [0.29, 0.717) is 6.07 Å². The lowest BCUT2D eigenvalue weighted by molar-refractivity contribution is -0.424. The van der Waals surface area contributed by atoms with E-state index in [1.54, 1.807) is 4.98 Å². The van der Waals surface area contributed by atoms with Gasteiger partial charge in [-0.25, -0.2) is 0 Å². The SMILES string of the molecule is O=[N+]([O-])c1cc([N+](=O)[O-])c([N+](=O)[O-])[nH]1. The van der Waals surface area contributed by atoms with Crippen molar-refractivity contribution in [2.24, 2.45) is 0 Å². The first-order valence-electron chi connectivity index (χ1n) is 3.09. The minimum absolute atomic E-state index is 0.498. The van der Waals surface area contributed by atoms with Crippen LogP contribution in [0.25, 0.3) is 0 Å². The standard InChI is InChI=1S/C4H2N4O6/c9-6(10)2-1-3(7(11)12)5-4(2)8(13)14/h1,5H. The third-order valence-electron chi connectivity index (χ3n) is 1.34. The third kappa shape index (κ3) is 1.48. The van der Waals surface area contributed by atoms with Crippen LogP contribution in [0.3, 0.4) is 0 Å². The average molecular weight is 202 g/mol. The van der Waals surface area contributed by atoms with E-state index in [9.17, 15) is 30.3 Å². The maximum Gasteiger partial charge on any atom is 0.403 e. The van der Waals surface area contributed by atoms with Gasteiger partial charge in [0, 0.05) is 0 Å². The number of nitrogens with zero attached hydrogens (tertiary/aromatic N) is 3. The van der Waals surface area contributed by atoms with Gasteiger partial charge in [0.15, 0.2) is 0 Å². The Morgan fingerprint density at radius 2 is 1.57 bits per heavy atom. The van der Waals surface area contributed by atoms with Crippen LogP contribution in [-0.2, 0) is 0 Å². The van der Waals surface area contributed by atoms with E-state index in [0.717, 1.165) is 0 Å². The molecule has 1 aromatic rings. The Hall–Kier alpha value is -2.52. The van der Waals surface area contributed by atoms with E-state index in [4.69, 9.17) is 0 Å². The largest absolute Gasteiger partial charge is 0.403 e. The Balaban J connectivity index is 3.33. The molecule has 0 aliphatic heterocycles. The van der Waals surface area contributed by atoms with Gasteiger partial charge in [-0.05, 0) is 9.85 Å².